The number of benzene rings is 1. The van der Waals surface area contributed by atoms with E-state index in [-0.39, 0.29) is 5.91 Å². The van der Waals surface area contributed by atoms with Crippen LogP contribution >= 0.6 is 0 Å². The highest BCUT2D eigenvalue weighted by atomic mass is 16.1. The summed E-state index contributed by atoms with van der Waals surface area (Å²) in [6.07, 6.45) is 2.31. The fourth-order valence-corrected chi connectivity index (χ4v) is 1.92. The van der Waals surface area contributed by atoms with Crippen LogP contribution in [0.15, 0.2) is 42.6 Å². The third-order valence-corrected chi connectivity index (χ3v) is 3.11. The molecule has 0 aliphatic heterocycles. The summed E-state index contributed by atoms with van der Waals surface area (Å²) < 4.78 is 0. The molecule has 0 fully saturated rings. The Balaban J connectivity index is 1.87. The molecule has 2 aromatic rings. The molecule has 0 aliphatic carbocycles. The van der Waals surface area contributed by atoms with E-state index in [1.165, 1.54) is 17.3 Å². The fraction of sp³-hybridized carbons (Fsp3) is 0.200. The van der Waals surface area contributed by atoms with Gasteiger partial charge in [-0.15, -0.1) is 0 Å². The number of nitrogens with zero attached hydrogens (tertiary/aromatic N) is 1. The van der Waals surface area contributed by atoms with Gasteiger partial charge in [-0.25, -0.2) is 10.8 Å². The van der Waals surface area contributed by atoms with Crippen LogP contribution in [0.4, 0.5) is 5.82 Å². The SMILES string of the molecule is Cc1ccccc1CCNC(=O)c1ccc(NN)nc1. The minimum absolute atomic E-state index is 0.130. The predicted molar refractivity (Wildman–Crippen MR) is 79.3 cm³/mol. The number of nitrogens with two attached hydrogens (primary N) is 1. The number of pyridine rings is 1. The molecule has 5 nitrogen and oxygen atoms in total. The van der Waals surface area contributed by atoms with Gasteiger partial charge in [0.25, 0.3) is 5.91 Å². The molecule has 0 aliphatic rings. The number of carbonyl (C=O) groups excluding carboxylic acids is 1. The summed E-state index contributed by atoms with van der Waals surface area (Å²) in [5.41, 5.74) is 5.43. The normalized spacial score (nSPS) is 10.1. The van der Waals surface area contributed by atoms with Gasteiger partial charge in [0.1, 0.15) is 5.82 Å². The molecule has 5 heteroatoms. The van der Waals surface area contributed by atoms with Crippen molar-refractivity contribution in [3.05, 3.63) is 59.3 Å². The average molecular weight is 270 g/mol. The third-order valence-electron chi connectivity index (χ3n) is 3.11. The van der Waals surface area contributed by atoms with Crippen molar-refractivity contribution in [2.45, 2.75) is 13.3 Å². The summed E-state index contributed by atoms with van der Waals surface area (Å²) in [4.78, 5) is 15.9. The summed E-state index contributed by atoms with van der Waals surface area (Å²) >= 11 is 0. The quantitative estimate of drug-likeness (QED) is 0.570. The number of aryl methyl sites for hydroxylation is 1. The Kier molecular flexibility index (Phi) is 4.68. The first-order valence-electron chi connectivity index (χ1n) is 6.46. The van der Waals surface area contributed by atoms with Gasteiger partial charge in [-0.1, -0.05) is 24.3 Å². The van der Waals surface area contributed by atoms with Crippen molar-refractivity contribution >= 4 is 11.7 Å². The van der Waals surface area contributed by atoms with Crippen LogP contribution in [-0.2, 0) is 6.42 Å². The van der Waals surface area contributed by atoms with Crippen molar-refractivity contribution in [3.63, 3.8) is 0 Å². The fourth-order valence-electron chi connectivity index (χ4n) is 1.92. The first kappa shape index (κ1) is 14.0. The molecule has 1 amide bonds. The average Bonchev–Trinajstić information content (AvgIpc) is 2.49. The molecule has 20 heavy (non-hydrogen) atoms. The second-order valence-corrected chi connectivity index (χ2v) is 4.51. The van der Waals surface area contributed by atoms with Gasteiger partial charge in [-0.3, -0.25) is 4.79 Å². The largest absolute Gasteiger partial charge is 0.352 e. The van der Waals surface area contributed by atoms with Gasteiger partial charge in [0.2, 0.25) is 0 Å². The molecular formula is C15H18N4O. The number of nitrogens with one attached hydrogen (secondary N) is 2. The van der Waals surface area contributed by atoms with E-state index in [1.54, 1.807) is 12.1 Å². The van der Waals surface area contributed by atoms with E-state index in [0.717, 1.165) is 6.42 Å². The molecular weight excluding hydrogens is 252 g/mol. The number of aromatic nitrogens is 1. The second kappa shape index (κ2) is 6.68. The van der Waals surface area contributed by atoms with E-state index < -0.39 is 0 Å². The minimum atomic E-state index is -0.130. The van der Waals surface area contributed by atoms with E-state index in [0.29, 0.717) is 17.9 Å². The Morgan fingerprint density at radius 3 is 2.70 bits per heavy atom. The summed E-state index contributed by atoms with van der Waals surface area (Å²) in [6, 6.07) is 11.5. The third kappa shape index (κ3) is 3.55. The van der Waals surface area contributed by atoms with Gasteiger partial charge in [0.05, 0.1) is 5.56 Å². The molecule has 2 rings (SSSR count). The zero-order valence-corrected chi connectivity index (χ0v) is 11.4. The summed E-state index contributed by atoms with van der Waals surface area (Å²) in [5, 5.41) is 2.88. The maximum atomic E-state index is 11.9. The van der Waals surface area contributed by atoms with Crippen molar-refractivity contribution in [2.24, 2.45) is 5.84 Å². The van der Waals surface area contributed by atoms with Crippen molar-refractivity contribution in [2.75, 3.05) is 12.0 Å². The lowest BCUT2D eigenvalue weighted by molar-refractivity contribution is 0.0954. The Morgan fingerprint density at radius 1 is 1.25 bits per heavy atom. The van der Waals surface area contributed by atoms with Gasteiger partial charge in [0.15, 0.2) is 0 Å². The molecule has 0 bridgehead atoms. The summed E-state index contributed by atoms with van der Waals surface area (Å²) in [6.45, 7) is 2.67. The Bertz CT molecular complexity index is 581. The molecule has 104 valence electrons. The predicted octanol–water partition coefficient (Wildman–Crippen LogP) is 1.65. The molecule has 1 heterocycles. The van der Waals surface area contributed by atoms with Crippen LogP contribution in [-0.4, -0.2) is 17.4 Å². The Morgan fingerprint density at radius 2 is 2.05 bits per heavy atom. The van der Waals surface area contributed by atoms with Crippen LogP contribution in [0.25, 0.3) is 0 Å². The van der Waals surface area contributed by atoms with Gasteiger partial charge in [-0.2, -0.15) is 0 Å². The number of hydrazine groups is 1. The number of rotatable bonds is 5. The first-order chi connectivity index (χ1) is 9.70. The lowest BCUT2D eigenvalue weighted by Gasteiger charge is -2.07. The minimum Gasteiger partial charge on any atom is -0.352 e. The Labute approximate surface area is 118 Å². The zero-order chi connectivity index (χ0) is 14.4. The first-order valence-corrected chi connectivity index (χ1v) is 6.46. The molecule has 0 radical (unpaired) electrons. The van der Waals surface area contributed by atoms with Crippen molar-refractivity contribution in [1.29, 1.82) is 0 Å². The summed E-state index contributed by atoms with van der Waals surface area (Å²) in [7, 11) is 0. The molecule has 1 aromatic carbocycles. The highest BCUT2D eigenvalue weighted by Gasteiger charge is 2.05. The van der Waals surface area contributed by atoms with Crippen LogP contribution in [0.3, 0.4) is 0 Å². The van der Waals surface area contributed by atoms with Crippen molar-refractivity contribution in [1.82, 2.24) is 10.3 Å². The maximum Gasteiger partial charge on any atom is 0.252 e. The molecule has 0 saturated carbocycles. The van der Waals surface area contributed by atoms with Crippen LogP contribution in [0.1, 0.15) is 21.5 Å². The van der Waals surface area contributed by atoms with E-state index >= 15 is 0 Å². The number of carbonyl (C=O) groups is 1. The van der Waals surface area contributed by atoms with Crippen molar-refractivity contribution < 1.29 is 4.79 Å². The highest BCUT2D eigenvalue weighted by molar-refractivity contribution is 5.94. The molecule has 0 saturated heterocycles. The number of amides is 1. The zero-order valence-electron chi connectivity index (χ0n) is 11.4. The van der Waals surface area contributed by atoms with E-state index in [1.807, 2.05) is 12.1 Å². The molecule has 4 N–H and O–H groups in total. The monoisotopic (exact) mass is 270 g/mol. The highest BCUT2D eigenvalue weighted by Crippen LogP contribution is 2.07. The molecule has 0 spiro atoms. The Hall–Kier alpha value is -2.40. The van der Waals surface area contributed by atoms with Gasteiger partial charge >= 0.3 is 0 Å². The lowest BCUT2D eigenvalue weighted by atomic mass is 10.1. The number of hydrogen-bond acceptors (Lipinski definition) is 4. The van der Waals surface area contributed by atoms with Crippen LogP contribution in [0.2, 0.25) is 0 Å². The molecule has 0 unspecified atom stereocenters. The van der Waals surface area contributed by atoms with Gasteiger partial charge < -0.3 is 10.7 Å². The smallest absolute Gasteiger partial charge is 0.252 e. The maximum absolute atomic E-state index is 11.9. The van der Waals surface area contributed by atoms with E-state index in [2.05, 4.69) is 34.8 Å². The number of nitrogen functional groups attached to an aromatic ring is 1. The molecule has 1 aromatic heterocycles. The van der Waals surface area contributed by atoms with Crippen LogP contribution in [0.5, 0.6) is 0 Å². The van der Waals surface area contributed by atoms with Gasteiger partial charge in [0, 0.05) is 12.7 Å². The van der Waals surface area contributed by atoms with Crippen LogP contribution in [0, 0.1) is 6.92 Å². The van der Waals surface area contributed by atoms with E-state index in [4.69, 9.17) is 5.84 Å². The number of anilines is 1. The lowest BCUT2D eigenvalue weighted by Crippen LogP contribution is -2.26. The van der Waals surface area contributed by atoms with E-state index in [9.17, 15) is 4.79 Å². The van der Waals surface area contributed by atoms with Crippen LogP contribution < -0.4 is 16.6 Å². The summed E-state index contributed by atoms with van der Waals surface area (Å²) in [5.74, 6) is 5.62. The second-order valence-electron chi connectivity index (χ2n) is 4.51. The van der Waals surface area contributed by atoms with Crippen molar-refractivity contribution in [3.8, 4) is 0 Å². The number of hydrogen-bond donors (Lipinski definition) is 3. The standard InChI is InChI=1S/C15H18N4O/c1-11-4-2-3-5-12(11)8-9-17-15(20)13-6-7-14(19-16)18-10-13/h2-7,10H,8-9,16H2,1H3,(H,17,20)(H,18,19). The topological polar surface area (TPSA) is 80.0 Å². The molecule has 0 atom stereocenters. The van der Waals surface area contributed by atoms with Gasteiger partial charge in [-0.05, 0) is 36.6 Å².